The van der Waals surface area contributed by atoms with Gasteiger partial charge in [0.2, 0.25) is 10.0 Å². The predicted octanol–water partition coefficient (Wildman–Crippen LogP) is 4.69. The number of rotatable bonds is 3. The summed E-state index contributed by atoms with van der Waals surface area (Å²) in [5.74, 6) is 0.337. The maximum Gasteiger partial charge on any atom is 0.244 e. The molecular weight excluding hydrogens is 441 g/mol. The van der Waals surface area contributed by atoms with Gasteiger partial charge in [0.25, 0.3) is 0 Å². The Kier molecular flexibility index (Phi) is 6.16. The van der Waals surface area contributed by atoms with Gasteiger partial charge in [-0.1, -0.05) is 28.8 Å². The molecule has 0 spiro atoms. The molecule has 1 heterocycles. The van der Waals surface area contributed by atoms with Gasteiger partial charge in [-0.2, -0.15) is 4.31 Å². The Hall–Kier alpha value is 0.380. The highest BCUT2D eigenvalue weighted by molar-refractivity contribution is 9.11. The number of hydrogen-bond acceptors (Lipinski definition) is 2. The molecule has 1 aromatic rings. The lowest BCUT2D eigenvalue weighted by atomic mass is 10.1. The second-order valence-electron chi connectivity index (χ2n) is 5.31. The maximum atomic E-state index is 13.0. The van der Waals surface area contributed by atoms with Gasteiger partial charge < -0.3 is 0 Å². The van der Waals surface area contributed by atoms with Crippen LogP contribution in [0, 0.1) is 6.92 Å². The number of benzene rings is 1. The summed E-state index contributed by atoms with van der Waals surface area (Å²) in [4.78, 5) is 0.303. The van der Waals surface area contributed by atoms with Crippen molar-refractivity contribution in [3.63, 3.8) is 0 Å². The Bertz CT molecular complexity index is 622. The van der Waals surface area contributed by atoms with Gasteiger partial charge in [-0.15, -0.1) is 11.6 Å². The smallest absolute Gasteiger partial charge is 0.207 e. The third-order valence-electron chi connectivity index (χ3n) is 3.80. The lowest BCUT2D eigenvalue weighted by molar-refractivity contribution is 0.345. The molecule has 1 aromatic carbocycles. The van der Waals surface area contributed by atoms with Gasteiger partial charge in [0.15, 0.2) is 0 Å². The SMILES string of the molecule is Cc1cc(Br)c(S(=O)(=O)N2CCCCCC2CCl)cc1Br. The molecule has 2 rings (SSSR count). The van der Waals surface area contributed by atoms with Crippen LogP contribution in [0.3, 0.4) is 0 Å². The first kappa shape index (κ1) is 17.7. The molecule has 0 radical (unpaired) electrons. The van der Waals surface area contributed by atoms with Gasteiger partial charge in [-0.3, -0.25) is 0 Å². The number of halogens is 3. The number of aryl methyl sites for hydroxylation is 1. The van der Waals surface area contributed by atoms with Crippen LogP contribution in [-0.2, 0) is 10.0 Å². The van der Waals surface area contributed by atoms with Gasteiger partial charge in [0.05, 0.1) is 4.90 Å². The minimum atomic E-state index is -3.54. The quantitative estimate of drug-likeness (QED) is 0.615. The van der Waals surface area contributed by atoms with Crippen LogP contribution in [0.2, 0.25) is 0 Å². The van der Waals surface area contributed by atoms with Crippen molar-refractivity contribution in [1.29, 1.82) is 0 Å². The fourth-order valence-corrected chi connectivity index (χ4v) is 6.31. The highest BCUT2D eigenvalue weighted by Crippen LogP contribution is 2.33. The summed E-state index contributed by atoms with van der Waals surface area (Å²) < 4.78 is 29.0. The van der Waals surface area contributed by atoms with Crippen LogP contribution in [0.4, 0.5) is 0 Å². The first-order chi connectivity index (χ1) is 9.87. The molecule has 3 nitrogen and oxygen atoms in total. The van der Waals surface area contributed by atoms with Crippen molar-refractivity contribution >= 4 is 53.5 Å². The normalized spacial score (nSPS) is 21.2. The Morgan fingerprint density at radius 3 is 2.62 bits per heavy atom. The van der Waals surface area contributed by atoms with Crippen molar-refractivity contribution in [1.82, 2.24) is 4.31 Å². The lowest BCUT2D eigenvalue weighted by Crippen LogP contribution is -2.41. The zero-order chi connectivity index (χ0) is 15.6. The van der Waals surface area contributed by atoms with Gasteiger partial charge in [-0.25, -0.2) is 8.42 Å². The zero-order valence-corrected chi connectivity index (χ0v) is 16.5. The third-order valence-corrected chi connectivity index (χ3v) is 7.92. The molecule has 1 aliphatic rings. The second-order valence-corrected chi connectivity index (χ2v) is 9.18. The first-order valence-corrected chi connectivity index (χ1v) is 10.5. The van der Waals surface area contributed by atoms with Crippen molar-refractivity contribution in [2.45, 2.75) is 43.5 Å². The standard InChI is InChI=1S/C14H18Br2ClNO2S/c1-10-7-13(16)14(8-12(10)15)21(19,20)18-6-4-2-3-5-11(18)9-17/h7-8,11H,2-6,9H2,1H3. The molecule has 7 heteroatoms. The topological polar surface area (TPSA) is 37.4 Å². The summed E-state index contributed by atoms with van der Waals surface area (Å²) in [6.07, 6.45) is 3.80. The Morgan fingerprint density at radius 2 is 1.95 bits per heavy atom. The van der Waals surface area contributed by atoms with Crippen molar-refractivity contribution < 1.29 is 8.42 Å². The van der Waals surface area contributed by atoms with Gasteiger partial charge in [0, 0.05) is 27.4 Å². The van der Waals surface area contributed by atoms with E-state index in [0.717, 1.165) is 35.7 Å². The minimum Gasteiger partial charge on any atom is -0.207 e. The van der Waals surface area contributed by atoms with Crippen LogP contribution in [-0.4, -0.2) is 31.2 Å². The fourth-order valence-electron chi connectivity index (χ4n) is 2.57. The summed E-state index contributed by atoms with van der Waals surface area (Å²) in [5, 5.41) is 0. The van der Waals surface area contributed by atoms with Gasteiger partial charge in [0.1, 0.15) is 0 Å². The van der Waals surface area contributed by atoms with Crippen LogP contribution >= 0.6 is 43.5 Å². The van der Waals surface area contributed by atoms with E-state index in [1.807, 2.05) is 13.0 Å². The number of hydrogen-bond donors (Lipinski definition) is 0. The molecule has 0 aliphatic carbocycles. The molecule has 0 amide bonds. The van der Waals surface area contributed by atoms with E-state index in [-0.39, 0.29) is 6.04 Å². The molecule has 1 unspecified atom stereocenters. The summed E-state index contributed by atoms with van der Waals surface area (Å²) in [6.45, 7) is 2.47. The van der Waals surface area contributed by atoms with E-state index < -0.39 is 10.0 Å². The van der Waals surface area contributed by atoms with E-state index in [2.05, 4.69) is 31.9 Å². The van der Waals surface area contributed by atoms with E-state index in [1.54, 1.807) is 10.4 Å². The molecule has 1 fully saturated rings. The Balaban J connectivity index is 2.47. The van der Waals surface area contributed by atoms with Crippen LogP contribution < -0.4 is 0 Å². The van der Waals surface area contributed by atoms with Crippen molar-refractivity contribution in [3.05, 3.63) is 26.6 Å². The van der Waals surface area contributed by atoms with Crippen molar-refractivity contribution in [2.24, 2.45) is 0 Å². The molecule has 1 atom stereocenters. The number of alkyl halides is 1. The van der Waals surface area contributed by atoms with E-state index in [4.69, 9.17) is 11.6 Å². The van der Waals surface area contributed by atoms with E-state index >= 15 is 0 Å². The average molecular weight is 460 g/mol. The van der Waals surface area contributed by atoms with Gasteiger partial charge >= 0.3 is 0 Å². The van der Waals surface area contributed by atoms with E-state index in [1.165, 1.54) is 0 Å². The van der Waals surface area contributed by atoms with E-state index in [9.17, 15) is 8.42 Å². The molecule has 0 saturated carbocycles. The molecule has 118 valence electrons. The maximum absolute atomic E-state index is 13.0. The lowest BCUT2D eigenvalue weighted by Gasteiger charge is -2.28. The molecule has 0 aromatic heterocycles. The molecule has 21 heavy (non-hydrogen) atoms. The molecule has 1 saturated heterocycles. The first-order valence-electron chi connectivity index (χ1n) is 6.91. The van der Waals surface area contributed by atoms with Crippen LogP contribution in [0.25, 0.3) is 0 Å². The third kappa shape index (κ3) is 3.83. The van der Waals surface area contributed by atoms with Crippen LogP contribution in [0.5, 0.6) is 0 Å². The van der Waals surface area contributed by atoms with Crippen molar-refractivity contribution in [3.8, 4) is 0 Å². The highest BCUT2D eigenvalue weighted by Gasteiger charge is 2.33. The number of sulfonamides is 1. The van der Waals surface area contributed by atoms with Crippen molar-refractivity contribution in [2.75, 3.05) is 12.4 Å². The zero-order valence-electron chi connectivity index (χ0n) is 11.8. The molecule has 0 bridgehead atoms. The highest BCUT2D eigenvalue weighted by atomic mass is 79.9. The van der Waals surface area contributed by atoms with Crippen LogP contribution in [0.15, 0.2) is 26.0 Å². The van der Waals surface area contributed by atoms with Gasteiger partial charge in [-0.05, 0) is 53.4 Å². The number of nitrogens with zero attached hydrogens (tertiary/aromatic N) is 1. The Morgan fingerprint density at radius 1 is 1.24 bits per heavy atom. The largest absolute Gasteiger partial charge is 0.244 e. The fraction of sp³-hybridized carbons (Fsp3) is 0.571. The second kappa shape index (κ2) is 7.30. The molecule has 1 aliphatic heterocycles. The monoisotopic (exact) mass is 457 g/mol. The predicted molar refractivity (Wildman–Crippen MR) is 93.4 cm³/mol. The molecule has 0 N–H and O–H groups in total. The summed E-state index contributed by atoms with van der Waals surface area (Å²) in [7, 11) is -3.54. The molecular formula is C14H18Br2ClNO2S. The summed E-state index contributed by atoms with van der Waals surface area (Å²) in [5.41, 5.74) is 0.991. The Labute approximate surface area is 148 Å². The summed E-state index contributed by atoms with van der Waals surface area (Å²) in [6, 6.07) is 3.38. The van der Waals surface area contributed by atoms with Crippen LogP contribution in [0.1, 0.15) is 31.2 Å². The minimum absolute atomic E-state index is 0.119. The summed E-state index contributed by atoms with van der Waals surface area (Å²) >= 11 is 12.8. The van der Waals surface area contributed by atoms with E-state index in [0.29, 0.717) is 21.8 Å². The average Bonchev–Trinajstić information content (AvgIpc) is 2.68.